The molecule has 1 saturated heterocycles. The fourth-order valence-electron chi connectivity index (χ4n) is 3.08. The average Bonchev–Trinajstić information content (AvgIpc) is 3.01. The minimum atomic E-state index is -0.323. The molecule has 0 bridgehead atoms. The number of carbonyl (C=O) groups excluding carboxylic acids is 2. The molecule has 2 N–H and O–H groups in total. The first kappa shape index (κ1) is 16.7. The molecule has 2 amide bonds. The SMILES string of the molecule is CC(=O)N1CCCCC1C(=O)NCCNc1nsc2ccccc12. The van der Waals surface area contributed by atoms with E-state index in [1.54, 1.807) is 4.90 Å². The van der Waals surface area contributed by atoms with Gasteiger partial charge in [-0.3, -0.25) is 9.59 Å². The van der Waals surface area contributed by atoms with Crippen LogP contribution in [0.2, 0.25) is 0 Å². The van der Waals surface area contributed by atoms with Crippen LogP contribution in [0.15, 0.2) is 24.3 Å². The second kappa shape index (κ2) is 7.61. The van der Waals surface area contributed by atoms with Gasteiger partial charge in [0.15, 0.2) is 0 Å². The van der Waals surface area contributed by atoms with E-state index in [-0.39, 0.29) is 17.9 Å². The fraction of sp³-hybridized carbons (Fsp3) is 0.471. The highest BCUT2D eigenvalue weighted by molar-refractivity contribution is 7.13. The zero-order valence-corrected chi connectivity index (χ0v) is 14.6. The molecule has 6 nitrogen and oxygen atoms in total. The summed E-state index contributed by atoms with van der Waals surface area (Å²) in [5.41, 5.74) is 0. The molecule has 0 spiro atoms. The number of anilines is 1. The van der Waals surface area contributed by atoms with E-state index in [9.17, 15) is 9.59 Å². The molecule has 1 unspecified atom stereocenters. The molecule has 0 saturated carbocycles. The summed E-state index contributed by atoms with van der Waals surface area (Å²) in [6.07, 6.45) is 2.71. The van der Waals surface area contributed by atoms with Gasteiger partial charge in [0.2, 0.25) is 11.8 Å². The van der Waals surface area contributed by atoms with Crippen LogP contribution in [0.25, 0.3) is 10.1 Å². The zero-order valence-electron chi connectivity index (χ0n) is 13.7. The maximum Gasteiger partial charge on any atom is 0.242 e. The van der Waals surface area contributed by atoms with Crippen LogP contribution < -0.4 is 10.6 Å². The predicted octanol–water partition coefficient (Wildman–Crippen LogP) is 2.23. The Morgan fingerprint density at radius 1 is 1.29 bits per heavy atom. The molecule has 24 heavy (non-hydrogen) atoms. The molecule has 1 atom stereocenters. The Balaban J connectivity index is 1.49. The minimum absolute atomic E-state index is 0.0260. The minimum Gasteiger partial charge on any atom is -0.367 e. The average molecular weight is 346 g/mol. The number of rotatable bonds is 5. The molecular weight excluding hydrogens is 324 g/mol. The van der Waals surface area contributed by atoms with Crippen molar-refractivity contribution in [3.05, 3.63) is 24.3 Å². The Morgan fingerprint density at radius 3 is 2.96 bits per heavy atom. The molecule has 3 rings (SSSR count). The standard InChI is InChI=1S/C17H22N4O2S/c1-12(22)21-11-5-4-7-14(21)17(23)19-10-9-18-16-13-6-2-3-8-15(13)24-20-16/h2-3,6,8,14H,4-5,7,9-11H2,1H3,(H,18,20)(H,19,23). The molecule has 1 aromatic heterocycles. The second-order valence-electron chi connectivity index (χ2n) is 5.97. The van der Waals surface area contributed by atoms with Crippen LogP contribution in [-0.4, -0.2) is 46.8 Å². The predicted molar refractivity (Wildman–Crippen MR) is 96.1 cm³/mol. The highest BCUT2D eigenvalue weighted by Gasteiger charge is 2.29. The topological polar surface area (TPSA) is 74.3 Å². The third kappa shape index (κ3) is 3.67. The molecule has 0 aliphatic carbocycles. The highest BCUT2D eigenvalue weighted by Crippen LogP contribution is 2.25. The van der Waals surface area contributed by atoms with Crippen LogP contribution in [0, 0.1) is 0 Å². The molecule has 1 fully saturated rings. The van der Waals surface area contributed by atoms with Crippen molar-refractivity contribution in [1.29, 1.82) is 0 Å². The highest BCUT2D eigenvalue weighted by atomic mass is 32.1. The third-order valence-corrected chi connectivity index (χ3v) is 5.13. The molecule has 2 aromatic rings. The van der Waals surface area contributed by atoms with Crippen LogP contribution in [0.5, 0.6) is 0 Å². The van der Waals surface area contributed by atoms with E-state index in [0.717, 1.165) is 35.2 Å². The molecule has 7 heteroatoms. The second-order valence-corrected chi connectivity index (χ2v) is 6.77. The van der Waals surface area contributed by atoms with Crippen molar-refractivity contribution in [1.82, 2.24) is 14.6 Å². The molecular formula is C17H22N4O2S. The number of piperidine rings is 1. The van der Waals surface area contributed by atoms with Crippen LogP contribution in [0.1, 0.15) is 26.2 Å². The van der Waals surface area contributed by atoms with E-state index in [1.807, 2.05) is 24.3 Å². The molecule has 128 valence electrons. The first-order valence-corrected chi connectivity index (χ1v) is 9.07. The summed E-state index contributed by atoms with van der Waals surface area (Å²) < 4.78 is 5.54. The maximum absolute atomic E-state index is 12.3. The molecule has 1 aliphatic heterocycles. The van der Waals surface area contributed by atoms with Gasteiger partial charge in [-0.15, -0.1) is 0 Å². The van der Waals surface area contributed by atoms with Crippen LogP contribution in [0.3, 0.4) is 0 Å². The number of nitrogens with zero attached hydrogens (tertiary/aromatic N) is 2. The Morgan fingerprint density at radius 2 is 2.12 bits per heavy atom. The summed E-state index contributed by atoms with van der Waals surface area (Å²) >= 11 is 1.46. The summed E-state index contributed by atoms with van der Waals surface area (Å²) in [4.78, 5) is 25.7. The molecule has 1 aliphatic rings. The Kier molecular flexibility index (Phi) is 5.30. The number of amides is 2. The van der Waals surface area contributed by atoms with E-state index >= 15 is 0 Å². The van der Waals surface area contributed by atoms with Gasteiger partial charge in [0.25, 0.3) is 0 Å². The van der Waals surface area contributed by atoms with E-state index in [0.29, 0.717) is 19.6 Å². The van der Waals surface area contributed by atoms with Crippen molar-refractivity contribution >= 4 is 39.3 Å². The number of benzene rings is 1. The number of fused-ring (bicyclic) bond motifs is 1. The summed E-state index contributed by atoms with van der Waals surface area (Å²) in [6, 6.07) is 7.74. The molecule has 2 heterocycles. The van der Waals surface area contributed by atoms with E-state index < -0.39 is 0 Å². The summed E-state index contributed by atoms with van der Waals surface area (Å²) in [6.45, 7) is 3.32. The smallest absolute Gasteiger partial charge is 0.242 e. The van der Waals surface area contributed by atoms with Gasteiger partial charge < -0.3 is 15.5 Å². The van der Waals surface area contributed by atoms with Gasteiger partial charge in [-0.1, -0.05) is 12.1 Å². The lowest BCUT2D eigenvalue weighted by Gasteiger charge is -2.33. The Hall–Kier alpha value is -2.15. The van der Waals surface area contributed by atoms with Crippen molar-refractivity contribution in [3.8, 4) is 0 Å². The van der Waals surface area contributed by atoms with E-state index in [4.69, 9.17) is 0 Å². The van der Waals surface area contributed by atoms with Gasteiger partial charge in [0.1, 0.15) is 11.9 Å². The lowest BCUT2D eigenvalue weighted by molar-refractivity contribution is -0.140. The van der Waals surface area contributed by atoms with E-state index in [2.05, 4.69) is 15.0 Å². The zero-order chi connectivity index (χ0) is 16.9. The van der Waals surface area contributed by atoms with Crippen molar-refractivity contribution in [2.45, 2.75) is 32.2 Å². The van der Waals surface area contributed by atoms with E-state index in [1.165, 1.54) is 18.5 Å². The first-order chi connectivity index (χ1) is 11.7. The molecule has 1 aromatic carbocycles. The van der Waals surface area contributed by atoms with Gasteiger partial charge in [-0.2, -0.15) is 4.37 Å². The summed E-state index contributed by atoms with van der Waals surface area (Å²) in [5.74, 6) is 0.768. The van der Waals surface area contributed by atoms with Crippen molar-refractivity contribution in [2.75, 3.05) is 25.0 Å². The van der Waals surface area contributed by atoms with Gasteiger partial charge in [0, 0.05) is 31.9 Å². The van der Waals surface area contributed by atoms with Crippen molar-refractivity contribution in [2.24, 2.45) is 0 Å². The lowest BCUT2D eigenvalue weighted by Crippen LogP contribution is -2.51. The normalized spacial score (nSPS) is 17.7. The number of nitrogens with one attached hydrogen (secondary N) is 2. The number of aromatic nitrogens is 1. The van der Waals surface area contributed by atoms with Crippen LogP contribution >= 0.6 is 11.5 Å². The van der Waals surface area contributed by atoms with Crippen molar-refractivity contribution < 1.29 is 9.59 Å². The van der Waals surface area contributed by atoms with Gasteiger partial charge in [0.05, 0.1) is 4.70 Å². The number of likely N-dealkylation sites (tertiary alicyclic amines) is 1. The van der Waals surface area contributed by atoms with Gasteiger partial charge in [-0.05, 0) is 42.9 Å². The first-order valence-electron chi connectivity index (χ1n) is 8.30. The maximum atomic E-state index is 12.3. The molecule has 0 radical (unpaired) electrons. The summed E-state index contributed by atoms with van der Waals surface area (Å²) in [5, 5.41) is 7.29. The number of hydrogen-bond donors (Lipinski definition) is 2. The monoisotopic (exact) mass is 346 g/mol. The Labute approximate surface area is 145 Å². The van der Waals surface area contributed by atoms with Gasteiger partial charge in [-0.25, -0.2) is 0 Å². The number of carbonyl (C=O) groups is 2. The van der Waals surface area contributed by atoms with Crippen LogP contribution in [0.4, 0.5) is 5.82 Å². The van der Waals surface area contributed by atoms with Crippen LogP contribution in [-0.2, 0) is 9.59 Å². The van der Waals surface area contributed by atoms with Gasteiger partial charge >= 0.3 is 0 Å². The number of hydrogen-bond acceptors (Lipinski definition) is 5. The lowest BCUT2D eigenvalue weighted by atomic mass is 10.0. The van der Waals surface area contributed by atoms with Crippen molar-refractivity contribution in [3.63, 3.8) is 0 Å². The third-order valence-electron chi connectivity index (χ3n) is 4.30. The largest absolute Gasteiger partial charge is 0.367 e. The Bertz CT molecular complexity index is 730. The fourth-order valence-corrected chi connectivity index (χ4v) is 3.83. The summed E-state index contributed by atoms with van der Waals surface area (Å²) in [7, 11) is 0. The quantitative estimate of drug-likeness (QED) is 0.814.